The predicted molar refractivity (Wildman–Crippen MR) is 106 cm³/mol. The maximum absolute atomic E-state index is 13.5. The van der Waals surface area contributed by atoms with Gasteiger partial charge in [0.05, 0.1) is 0 Å². The number of Topliss-reactive ketones (excluding diaryl/α,β-unsaturated/α-hetero) is 1. The third-order valence-electron chi connectivity index (χ3n) is 5.54. The Hall–Kier alpha value is -2.18. The van der Waals surface area contributed by atoms with Gasteiger partial charge in [0.15, 0.2) is 0 Å². The van der Waals surface area contributed by atoms with Crippen LogP contribution in [0.3, 0.4) is 0 Å². The molecule has 29 heavy (non-hydrogen) atoms. The van der Waals surface area contributed by atoms with Crippen molar-refractivity contribution in [3.63, 3.8) is 0 Å². The van der Waals surface area contributed by atoms with Gasteiger partial charge in [-0.15, -0.1) is 0 Å². The van der Waals surface area contributed by atoms with Gasteiger partial charge in [0.1, 0.15) is 0 Å². The second kappa shape index (κ2) is 9.55. The minimum absolute atomic E-state index is 0.00285. The molecular weight excluding hydrogens is 441 g/mol. The zero-order chi connectivity index (χ0) is 21.0. The van der Waals surface area contributed by atoms with Gasteiger partial charge in [0.2, 0.25) is 0 Å². The number of fused-ring (bicyclic) bond motifs is 1. The summed E-state index contributed by atoms with van der Waals surface area (Å²) in [6, 6.07) is 8.32. The van der Waals surface area contributed by atoms with Crippen molar-refractivity contribution < 1.29 is 28.7 Å². The molecule has 0 N–H and O–H groups in total. The van der Waals surface area contributed by atoms with E-state index in [1.807, 2.05) is 30.3 Å². The number of nitrogens with zero attached hydrogens (tertiary/aromatic N) is 1. The van der Waals surface area contributed by atoms with Crippen LogP contribution in [0.2, 0.25) is 4.82 Å². The molecule has 2 aliphatic rings. The van der Waals surface area contributed by atoms with Crippen LogP contribution in [-0.2, 0) is 28.7 Å². The Morgan fingerprint density at radius 2 is 1.83 bits per heavy atom. The van der Waals surface area contributed by atoms with Crippen molar-refractivity contribution in [2.45, 2.75) is 49.0 Å². The summed E-state index contributed by atoms with van der Waals surface area (Å²) < 4.78 is 10.6. The summed E-state index contributed by atoms with van der Waals surface area (Å²) in [6.07, 6.45) is 2.03. The average molecular weight is 466 g/mol. The van der Waals surface area contributed by atoms with Crippen molar-refractivity contribution in [3.8, 4) is 0 Å². The van der Waals surface area contributed by atoms with Crippen molar-refractivity contribution >= 4 is 43.0 Å². The number of hydrogen-bond donors (Lipinski definition) is 0. The van der Waals surface area contributed by atoms with Crippen molar-refractivity contribution in [2.75, 3.05) is 14.2 Å². The molecule has 2 heterocycles. The van der Waals surface area contributed by atoms with E-state index in [4.69, 9.17) is 9.47 Å². The van der Waals surface area contributed by atoms with Crippen LogP contribution in [-0.4, -0.2) is 69.8 Å². The van der Waals surface area contributed by atoms with Crippen molar-refractivity contribution in [1.82, 2.24) is 4.90 Å². The molecule has 2 aliphatic heterocycles. The third kappa shape index (κ3) is 4.54. The van der Waals surface area contributed by atoms with Crippen LogP contribution in [0.25, 0.3) is 0 Å². The van der Waals surface area contributed by atoms with Crippen LogP contribution < -0.4 is 4.46 Å². The summed E-state index contributed by atoms with van der Waals surface area (Å²) in [5.74, 6) is -1.77. The molecule has 0 aromatic heterocycles. The molecule has 1 amide bonds. The molecule has 1 aromatic carbocycles. The third-order valence-corrected chi connectivity index (χ3v) is 8.39. The Bertz CT molecular complexity index is 783. The van der Waals surface area contributed by atoms with Crippen LogP contribution in [0.5, 0.6) is 0 Å². The molecule has 0 bridgehead atoms. The first-order valence-electron chi connectivity index (χ1n) is 9.70. The summed E-state index contributed by atoms with van der Waals surface area (Å²) in [4.78, 5) is 51.9. The SMILES string of the molecule is COC(=O)CCC1C(=O)N2C(C(=O)OC)CCCC2C(=O)C1[Se]c1ccccc1. The molecule has 0 saturated carbocycles. The Kier molecular flexibility index (Phi) is 7.09. The van der Waals surface area contributed by atoms with Crippen LogP contribution in [0, 0.1) is 5.92 Å². The van der Waals surface area contributed by atoms with Gasteiger partial charge in [-0.2, -0.15) is 0 Å². The molecule has 7 nitrogen and oxygen atoms in total. The fourth-order valence-corrected chi connectivity index (χ4v) is 6.82. The monoisotopic (exact) mass is 467 g/mol. The number of amides is 1. The molecule has 0 spiro atoms. The van der Waals surface area contributed by atoms with E-state index in [-0.39, 0.29) is 39.5 Å². The molecule has 4 atom stereocenters. The van der Waals surface area contributed by atoms with Gasteiger partial charge in [-0.25, -0.2) is 0 Å². The summed E-state index contributed by atoms with van der Waals surface area (Å²) in [7, 11) is 2.59. The van der Waals surface area contributed by atoms with Gasteiger partial charge in [-0.05, 0) is 0 Å². The molecule has 4 unspecified atom stereocenters. The van der Waals surface area contributed by atoms with Crippen molar-refractivity contribution in [1.29, 1.82) is 0 Å². The first-order chi connectivity index (χ1) is 14.0. The van der Waals surface area contributed by atoms with E-state index < -0.39 is 34.8 Å². The number of carbonyl (C=O) groups excluding carboxylic acids is 4. The van der Waals surface area contributed by atoms with Crippen LogP contribution >= 0.6 is 0 Å². The maximum atomic E-state index is 13.5. The number of esters is 2. The summed E-state index contributed by atoms with van der Waals surface area (Å²) in [6.45, 7) is 0. The molecule has 0 aliphatic carbocycles. The fraction of sp³-hybridized carbons (Fsp3) is 0.524. The Morgan fingerprint density at radius 3 is 2.48 bits per heavy atom. The number of carbonyl (C=O) groups is 4. The van der Waals surface area contributed by atoms with E-state index >= 15 is 0 Å². The van der Waals surface area contributed by atoms with Gasteiger partial charge in [-0.1, -0.05) is 0 Å². The Balaban J connectivity index is 1.92. The van der Waals surface area contributed by atoms with E-state index in [1.54, 1.807) is 0 Å². The molecule has 8 heteroatoms. The molecular formula is C21H25NO6Se. The predicted octanol–water partition coefficient (Wildman–Crippen LogP) is 0.879. The van der Waals surface area contributed by atoms with E-state index in [0.29, 0.717) is 19.3 Å². The molecule has 3 rings (SSSR count). The van der Waals surface area contributed by atoms with Gasteiger partial charge in [0, 0.05) is 0 Å². The van der Waals surface area contributed by atoms with Crippen LogP contribution in [0.1, 0.15) is 32.1 Å². The summed E-state index contributed by atoms with van der Waals surface area (Å²) in [5.41, 5.74) is 0. The van der Waals surface area contributed by atoms with Crippen LogP contribution in [0.4, 0.5) is 0 Å². The van der Waals surface area contributed by atoms with Gasteiger partial charge in [-0.3, -0.25) is 0 Å². The Morgan fingerprint density at radius 1 is 1.10 bits per heavy atom. The van der Waals surface area contributed by atoms with Gasteiger partial charge in [0.25, 0.3) is 0 Å². The topological polar surface area (TPSA) is 90.0 Å². The second-order valence-corrected chi connectivity index (χ2v) is 9.76. The van der Waals surface area contributed by atoms with Crippen molar-refractivity contribution in [2.24, 2.45) is 5.92 Å². The number of methoxy groups -OCH3 is 2. The van der Waals surface area contributed by atoms with Crippen LogP contribution in [0.15, 0.2) is 30.3 Å². The standard InChI is InChI=1S/C21H25NO6Se/c1-27-17(23)12-11-14-19(29-13-7-4-3-5-8-13)18(24)15-9-6-10-16(21(26)28-2)22(15)20(14)25/h3-5,7-8,14-16,19H,6,9-12H2,1-2H3. The number of ether oxygens (including phenoxy) is 2. The normalized spacial score (nSPS) is 26.6. The average Bonchev–Trinajstić information content (AvgIpc) is 2.76. The first kappa shape index (κ1) is 21.5. The summed E-state index contributed by atoms with van der Waals surface area (Å²) in [5, 5.41) is 0. The quantitative estimate of drug-likeness (QED) is 0.457. The molecule has 2 saturated heterocycles. The van der Waals surface area contributed by atoms with Gasteiger partial charge >= 0.3 is 176 Å². The minimum atomic E-state index is -0.735. The van der Waals surface area contributed by atoms with E-state index in [2.05, 4.69) is 0 Å². The number of rotatable bonds is 6. The molecule has 1 aromatic rings. The zero-order valence-electron chi connectivity index (χ0n) is 16.5. The fourth-order valence-electron chi connectivity index (χ4n) is 4.10. The van der Waals surface area contributed by atoms with E-state index in [0.717, 1.165) is 4.46 Å². The number of benzene rings is 1. The first-order valence-corrected chi connectivity index (χ1v) is 11.5. The molecule has 0 radical (unpaired) electrons. The van der Waals surface area contributed by atoms with E-state index in [9.17, 15) is 19.2 Å². The van der Waals surface area contributed by atoms with Gasteiger partial charge < -0.3 is 0 Å². The molecule has 2 fully saturated rings. The second-order valence-electron chi connectivity index (χ2n) is 7.21. The number of hydrogen-bond acceptors (Lipinski definition) is 6. The number of piperidine rings is 2. The Labute approximate surface area is 176 Å². The van der Waals surface area contributed by atoms with E-state index in [1.165, 1.54) is 19.1 Å². The summed E-state index contributed by atoms with van der Waals surface area (Å²) >= 11 is -0.251. The zero-order valence-corrected chi connectivity index (χ0v) is 18.2. The number of ketones is 1. The van der Waals surface area contributed by atoms with Crippen molar-refractivity contribution in [3.05, 3.63) is 30.3 Å². The molecule has 156 valence electrons.